The van der Waals surface area contributed by atoms with Gasteiger partial charge in [0.05, 0.1) is 18.8 Å². The van der Waals surface area contributed by atoms with Crippen molar-refractivity contribution in [2.24, 2.45) is 5.73 Å². The molecule has 0 saturated carbocycles. The molecule has 0 radical (unpaired) electrons. The Balaban J connectivity index is 1.81. The number of carbonyl (C=O) groups is 1. The number of hydrogen-bond acceptors (Lipinski definition) is 6. The summed E-state index contributed by atoms with van der Waals surface area (Å²) in [5.74, 6) is -0.469. The van der Waals surface area contributed by atoms with Crippen LogP contribution in [-0.2, 0) is 16.0 Å². The minimum Gasteiger partial charge on any atom is -0.458 e. The molecule has 2 N–H and O–H groups in total. The number of nitrogens with zero attached hydrogens (tertiary/aromatic N) is 3. The van der Waals surface area contributed by atoms with Gasteiger partial charge in [0.15, 0.2) is 5.69 Å². The minimum atomic E-state index is -0.469. The van der Waals surface area contributed by atoms with Crippen molar-refractivity contribution in [1.29, 1.82) is 0 Å². The Kier molecular flexibility index (Phi) is 4.05. The summed E-state index contributed by atoms with van der Waals surface area (Å²) in [7, 11) is 0. The van der Waals surface area contributed by atoms with E-state index in [0.29, 0.717) is 13.1 Å². The number of nitrogens with two attached hydrogens (primary N) is 1. The lowest BCUT2D eigenvalue weighted by molar-refractivity contribution is 0.0156. The van der Waals surface area contributed by atoms with Crippen LogP contribution in [0.15, 0.2) is 6.20 Å². The van der Waals surface area contributed by atoms with Crippen molar-refractivity contribution in [2.75, 3.05) is 19.8 Å². The number of hydrogen-bond donors (Lipinski definition) is 1. The molecule has 2 heterocycles. The predicted octanol–water partition coefficient (Wildman–Crippen LogP) is -0.427. The summed E-state index contributed by atoms with van der Waals surface area (Å²) in [5, 5.41) is 7.48. The van der Waals surface area contributed by atoms with Gasteiger partial charge < -0.3 is 15.2 Å². The monoisotopic (exact) mass is 240 g/mol. The molecule has 0 bridgehead atoms. The van der Waals surface area contributed by atoms with Gasteiger partial charge in [-0.05, 0) is 12.8 Å². The molecule has 7 nitrogen and oxygen atoms in total. The summed E-state index contributed by atoms with van der Waals surface area (Å²) in [6, 6.07) is 0. The van der Waals surface area contributed by atoms with E-state index in [9.17, 15) is 4.79 Å². The van der Waals surface area contributed by atoms with Crippen molar-refractivity contribution in [1.82, 2.24) is 15.0 Å². The smallest absolute Gasteiger partial charge is 0.360 e. The van der Waals surface area contributed by atoms with E-state index in [2.05, 4.69) is 10.3 Å². The van der Waals surface area contributed by atoms with Crippen molar-refractivity contribution in [3.63, 3.8) is 0 Å². The van der Waals surface area contributed by atoms with Crippen LogP contribution in [0.1, 0.15) is 23.3 Å². The summed E-state index contributed by atoms with van der Waals surface area (Å²) < 4.78 is 12.0. The van der Waals surface area contributed by atoms with Crippen LogP contribution in [0.3, 0.4) is 0 Å². The van der Waals surface area contributed by atoms with Gasteiger partial charge >= 0.3 is 5.97 Å². The fourth-order valence-electron chi connectivity index (χ4n) is 1.65. The Hall–Kier alpha value is -1.47. The third-order valence-electron chi connectivity index (χ3n) is 2.53. The summed E-state index contributed by atoms with van der Waals surface area (Å²) in [4.78, 5) is 11.6. The van der Waals surface area contributed by atoms with Crippen LogP contribution in [0, 0.1) is 0 Å². The topological polar surface area (TPSA) is 92.3 Å². The van der Waals surface area contributed by atoms with Crippen molar-refractivity contribution in [2.45, 2.75) is 25.5 Å². The highest BCUT2D eigenvalue weighted by molar-refractivity contribution is 5.86. The van der Waals surface area contributed by atoms with Crippen LogP contribution in [0.2, 0.25) is 0 Å². The fraction of sp³-hybridized carbons (Fsp3) is 0.700. The molecule has 0 aliphatic carbocycles. The number of rotatable bonds is 5. The molecule has 1 aliphatic rings. The van der Waals surface area contributed by atoms with E-state index in [1.807, 2.05) is 0 Å². The maximum atomic E-state index is 11.6. The molecule has 2 rings (SSSR count). The van der Waals surface area contributed by atoms with Crippen molar-refractivity contribution in [3.8, 4) is 0 Å². The number of aromatic nitrogens is 3. The molecule has 1 aliphatic heterocycles. The second kappa shape index (κ2) is 5.74. The zero-order valence-corrected chi connectivity index (χ0v) is 9.54. The normalized spacial score (nSPS) is 19.5. The van der Waals surface area contributed by atoms with Crippen LogP contribution < -0.4 is 5.73 Å². The molecule has 1 atom stereocenters. The summed E-state index contributed by atoms with van der Waals surface area (Å²) in [6.07, 6.45) is 3.52. The molecule has 1 aromatic heterocycles. The maximum Gasteiger partial charge on any atom is 0.360 e. The average molecular weight is 240 g/mol. The first-order valence-electron chi connectivity index (χ1n) is 5.68. The maximum absolute atomic E-state index is 11.6. The van der Waals surface area contributed by atoms with Crippen LogP contribution in [0.5, 0.6) is 0 Å². The molecule has 0 aromatic carbocycles. The number of ether oxygens (including phenoxy) is 2. The van der Waals surface area contributed by atoms with Gasteiger partial charge in [-0.25, -0.2) is 4.79 Å². The molecular formula is C10H16N4O3. The first-order chi connectivity index (χ1) is 8.29. The zero-order chi connectivity index (χ0) is 12.1. The molecule has 1 unspecified atom stereocenters. The molecular weight excluding hydrogens is 224 g/mol. The molecule has 0 amide bonds. The highest BCUT2D eigenvalue weighted by atomic mass is 16.6. The molecule has 7 heteroatoms. The Morgan fingerprint density at radius 2 is 2.59 bits per heavy atom. The molecule has 94 valence electrons. The Labute approximate surface area is 98.9 Å². The zero-order valence-electron chi connectivity index (χ0n) is 9.54. The second-order valence-corrected chi connectivity index (χ2v) is 3.89. The standard InChI is InChI=1S/C10H16N4O3/c11-3-4-14-6-9(12-13-14)10(15)17-7-8-2-1-5-16-8/h6,8H,1-5,7,11H2. The van der Waals surface area contributed by atoms with Gasteiger partial charge in [0.1, 0.15) is 6.61 Å². The van der Waals surface area contributed by atoms with E-state index >= 15 is 0 Å². The molecule has 1 saturated heterocycles. The summed E-state index contributed by atoms with van der Waals surface area (Å²) in [6.45, 7) is 2.01. The van der Waals surface area contributed by atoms with Gasteiger partial charge in [0, 0.05) is 13.2 Å². The SMILES string of the molecule is NCCn1cc(C(=O)OCC2CCCO2)nn1. The minimum absolute atomic E-state index is 0.0260. The van der Waals surface area contributed by atoms with Crippen LogP contribution in [0.4, 0.5) is 0 Å². The second-order valence-electron chi connectivity index (χ2n) is 3.89. The van der Waals surface area contributed by atoms with Gasteiger partial charge in [0.2, 0.25) is 0 Å². The predicted molar refractivity (Wildman–Crippen MR) is 58.3 cm³/mol. The first kappa shape index (κ1) is 12.0. The van der Waals surface area contributed by atoms with Gasteiger partial charge in [-0.2, -0.15) is 0 Å². The Morgan fingerprint density at radius 3 is 3.29 bits per heavy atom. The van der Waals surface area contributed by atoms with Crippen LogP contribution in [-0.4, -0.2) is 46.8 Å². The van der Waals surface area contributed by atoms with Crippen molar-refractivity contribution >= 4 is 5.97 Å². The third kappa shape index (κ3) is 3.24. The molecule has 1 fully saturated rings. The van der Waals surface area contributed by atoms with Gasteiger partial charge in [-0.1, -0.05) is 5.21 Å². The van der Waals surface area contributed by atoms with Gasteiger partial charge in [0.25, 0.3) is 0 Å². The largest absolute Gasteiger partial charge is 0.458 e. The van der Waals surface area contributed by atoms with E-state index < -0.39 is 5.97 Å². The highest BCUT2D eigenvalue weighted by Gasteiger charge is 2.19. The summed E-state index contributed by atoms with van der Waals surface area (Å²) >= 11 is 0. The van der Waals surface area contributed by atoms with Gasteiger partial charge in [-0.3, -0.25) is 4.68 Å². The lowest BCUT2D eigenvalue weighted by Gasteiger charge is -2.08. The van der Waals surface area contributed by atoms with Crippen molar-refractivity contribution in [3.05, 3.63) is 11.9 Å². The summed E-state index contributed by atoms with van der Waals surface area (Å²) in [5.41, 5.74) is 5.57. The third-order valence-corrected chi connectivity index (χ3v) is 2.53. The average Bonchev–Trinajstić information content (AvgIpc) is 2.97. The van der Waals surface area contributed by atoms with E-state index in [0.717, 1.165) is 19.4 Å². The molecule has 0 spiro atoms. The number of esters is 1. The van der Waals surface area contributed by atoms with E-state index in [1.165, 1.54) is 10.9 Å². The van der Waals surface area contributed by atoms with Crippen molar-refractivity contribution < 1.29 is 14.3 Å². The first-order valence-corrected chi connectivity index (χ1v) is 5.68. The molecule has 17 heavy (non-hydrogen) atoms. The Bertz CT molecular complexity index is 373. The molecule has 1 aromatic rings. The lowest BCUT2D eigenvalue weighted by Crippen LogP contribution is -2.18. The van der Waals surface area contributed by atoms with E-state index in [1.54, 1.807) is 0 Å². The fourth-order valence-corrected chi connectivity index (χ4v) is 1.65. The van der Waals surface area contributed by atoms with Crippen LogP contribution >= 0.6 is 0 Å². The quantitative estimate of drug-likeness (QED) is 0.702. The van der Waals surface area contributed by atoms with Crippen LogP contribution in [0.25, 0.3) is 0 Å². The van der Waals surface area contributed by atoms with Gasteiger partial charge in [-0.15, -0.1) is 5.10 Å². The van der Waals surface area contributed by atoms with E-state index in [4.69, 9.17) is 15.2 Å². The highest BCUT2D eigenvalue weighted by Crippen LogP contribution is 2.12. The Morgan fingerprint density at radius 1 is 1.71 bits per heavy atom. The lowest BCUT2D eigenvalue weighted by atomic mass is 10.2. The van der Waals surface area contributed by atoms with E-state index in [-0.39, 0.29) is 18.4 Å². The number of carbonyl (C=O) groups excluding carboxylic acids is 1.